The molecule has 19 heavy (non-hydrogen) atoms. The Morgan fingerprint density at radius 3 is 2.16 bits per heavy atom. The van der Waals surface area contributed by atoms with Crippen LogP contribution in [-0.4, -0.2) is 25.2 Å². The molecule has 1 atom stereocenters. The zero-order chi connectivity index (χ0) is 14.3. The van der Waals surface area contributed by atoms with Crippen LogP contribution >= 0.6 is 0 Å². The first-order chi connectivity index (χ1) is 9.22. The van der Waals surface area contributed by atoms with Crippen LogP contribution in [-0.2, 0) is 9.53 Å². The smallest absolute Gasteiger partial charge is 0.322 e. The van der Waals surface area contributed by atoms with E-state index in [-0.39, 0.29) is 5.97 Å². The van der Waals surface area contributed by atoms with E-state index >= 15 is 0 Å². The zero-order valence-electron chi connectivity index (χ0n) is 12.5. The van der Waals surface area contributed by atoms with Crippen molar-refractivity contribution in [1.29, 1.82) is 0 Å². The average molecular weight is 272 g/mol. The predicted molar refractivity (Wildman–Crippen MR) is 79.8 cm³/mol. The summed E-state index contributed by atoms with van der Waals surface area (Å²) in [5.41, 5.74) is 11.0. The van der Waals surface area contributed by atoms with Gasteiger partial charge in [0, 0.05) is 0 Å². The summed E-state index contributed by atoms with van der Waals surface area (Å²) < 4.78 is 5.14. The molecule has 0 rings (SSSR count). The Labute approximate surface area is 118 Å². The van der Waals surface area contributed by atoms with Crippen LogP contribution in [0.25, 0.3) is 0 Å². The van der Waals surface area contributed by atoms with Crippen molar-refractivity contribution in [3.8, 4) is 0 Å². The van der Waals surface area contributed by atoms with E-state index < -0.39 is 6.04 Å². The second-order valence-electron chi connectivity index (χ2n) is 5.18. The first-order valence-electron chi connectivity index (χ1n) is 7.84. The van der Waals surface area contributed by atoms with Gasteiger partial charge in [-0.05, 0) is 25.8 Å². The minimum absolute atomic E-state index is 0.281. The molecule has 0 unspecified atom stereocenters. The molecular weight excluding hydrogens is 240 g/mol. The summed E-state index contributed by atoms with van der Waals surface area (Å²) in [4.78, 5) is 11.5. The topological polar surface area (TPSA) is 78.3 Å². The summed E-state index contributed by atoms with van der Waals surface area (Å²) in [6, 6.07) is -0.502. The van der Waals surface area contributed by atoms with Crippen molar-refractivity contribution in [2.75, 3.05) is 13.2 Å². The van der Waals surface area contributed by atoms with E-state index in [9.17, 15) is 4.79 Å². The fourth-order valence-electron chi connectivity index (χ4n) is 1.97. The second-order valence-corrected chi connectivity index (χ2v) is 5.18. The van der Waals surface area contributed by atoms with Crippen molar-refractivity contribution in [2.24, 2.45) is 11.5 Å². The quantitative estimate of drug-likeness (QED) is 0.399. The third-order valence-electron chi connectivity index (χ3n) is 3.26. The number of nitrogens with two attached hydrogens (primary N) is 2. The minimum Gasteiger partial charge on any atom is -0.465 e. The maximum Gasteiger partial charge on any atom is 0.322 e. The average Bonchev–Trinajstić information content (AvgIpc) is 2.42. The highest BCUT2D eigenvalue weighted by Gasteiger charge is 2.13. The Balaban J connectivity index is 3.27. The SMILES string of the molecule is CCCCCCCCCCOC(=O)[C@H](N)CCCN. The van der Waals surface area contributed by atoms with Crippen LogP contribution < -0.4 is 11.5 Å². The van der Waals surface area contributed by atoms with E-state index in [2.05, 4.69) is 6.92 Å². The standard InChI is InChI=1S/C15H32N2O2/c1-2-3-4-5-6-7-8-9-13-19-15(18)14(17)11-10-12-16/h14H,2-13,16-17H2,1H3/t14-/m1/s1. The van der Waals surface area contributed by atoms with Crippen molar-refractivity contribution in [2.45, 2.75) is 77.2 Å². The number of hydrogen-bond acceptors (Lipinski definition) is 4. The Kier molecular flexibility index (Phi) is 13.4. The molecule has 0 aromatic heterocycles. The molecule has 0 saturated heterocycles. The van der Waals surface area contributed by atoms with Crippen LogP contribution in [0.2, 0.25) is 0 Å². The van der Waals surface area contributed by atoms with Crippen molar-refractivity contribution < 1.29 is 9.53 Å². The minimum atomic E-state index is -0.502. The fraction of sp³-hybridized carbons (Fsp3) is 0.933. The highest BCUT2D eigenvalue weighted by molar-refractivity contribution is 5.75. The van der Waals surface area contributed by atoms with Crippen LogP contribution in [0, 0.1) is 0 Å². The van der Waals surface area contributed by atoms with Gasteiger partial charge in [-0.15, -0.1) is 0 Å². The lowest BCUT2D eigenvalue weighted by molar-refractivity contribution is -0.145. The number of esters is 1. The summed E-state index contributed by atoms with van der Waals surface area (Å²) in [6.45, 7) is 3.30. The number of carbonyl (C=O) groups excluding carboxylic acids is 1. The van der Waals surface area contributed by atoms with Gasteiger partial charge in [-0.1, -0.05) is 51.9 Å². The van der Waals surface area contributed by atoms with Gasteiger partial charge in [-0.3, -0.25) is 4.79 Å². The first-order valence-corrected chi connectivity index (χ1v) is 7.84. The fourth-order valence-corrected chi connectivity index (χ4v) is 1.97. The molecule has 0 aromatic rings. The lowest BCUT2D eigenvalue weighted by Gasteiger charge is -2.10. The van der Waals surface area contributed by atoms with Crippen molar-refractivity contribution in [1.82, 2.24) is 0 Å². The molecule has 4 heteroatoms. The molecule has 0 aromatic carbocycles. The lowest BCUT2D eigenvalue weighted by atomic mass is 10.1. The Morgan fingerprint density at radius 2 is 1.58 bits per heavy atom. The van der Waals surface area contributed by atoms with Gasteiger partial charge < -0.3 is 16.2 Å². The molecular formula is C15H32N2O2. The number of hydrogen-bond donors (Lipinski definition) is 2. The van der Waals surface area contributed by atoms with Gasteiger partial charge in [0.15, 0.2) is 0 Å². The van der Waals surface area contributed by atoms with Crippen LogP contribution in [0.15, 0.2) is 0 Å². The molecule has 0 amide bonds. The van der Waals surface area contributed by atoms with Gasteiger partial charge in [0.2, 0.25) is 0 Å². The molecule has 4 nitrogen and oxygen atoms in total. The van der Waals surface area contributed by atoms with Crippen LogP contribution in [0.4, 0.5) is 0 Å². The maximum atomic E-state index is 11.5. The zero-order valence-corrected chi connectivity index (χ0v) is 12.5. The third kappa shape index (κ3) is 12.2. The lowest BCUT2D eigenvalue weighted by Crippen LogP contribution is -2.33. The molecule has 0 saturated carbocycles. The molecule has 0 aliphatic rings. The molecule has 0 spiro atoms. The summed E-state index contributed by atoms with van der Waals surface area (Å²) in [6.07, 6.45) is 11.3. The normalized spacial score (nSPS) is 12.4. The van der Waals surface area contributed by atoms with Crippen molar-refractivity contribution in [3.05, 3.63) is 0 Å². The number of ether oxygens (including phenoxy) is 1. The summed E-state index contributed by atoms with van der Waals surface area (Å²) in [5.74, 6) is -0.281. The van der Waals surface area contributed by atoms with E-state index in [1.165, 1.54) is 38.5 Å². The van der Waals surface area contributed by atoms with Gasteiger partial charge in [-0.25, -0.2) is 0 Å². The molecule has 0 heterocycles. The number of rotatable bonds is 13. The Morgan fingerprint density at radius 1 is 1.00 bits per heavy atom. The van der Waals surface area contributed by atoms with Gasteiger partial charge >= 0.3 is 5.97 Å². The highest BCUT2D eigenvalue weighted by Crippen LogP contribution is 2.08. The summed E-state index contributed by atoms with van der Waals surface area (Å²) >= 11 is 0. The van der Waals surface area contributed by atoms with E-state index in [0.29, 0.717) is 19.6 Å². The van der Waals surface area contributed by atoms with Crippen molar-refractivity contribution in [3.63, 3.8) is 0 Å². The van der Waals surface area contributed by atoms with Gasteiger partial charge in [0.25, 0.3) is 0 Å². The van der Waals surface area contributed by atoms with Gasteiger partial charge in [0.1, 0.15) is 6.04 Å². The molecule has 0 bridgehead atoms. The largest absolute Gasteiger partial charge is 0.465 e. The third-order valence-corrected chi connectivity index (χ3v) is 3.26. The molecule has 0 fully saturated rings. The van der Waals surface area contributed by atoms with E-state index in [0.717, 1.165) is 19.3 Å². The van der Waals surface area contributed by atoms with Crippen LogP contribution in [0.3, 0.4) is 0 Å². The summed E-state index contributed by atoms with van der Waals surface area (Å²) in [5, 5.41) is 0. The maximum absolute atomic E-state index is 11.5. The van der Waals surface area contributed by atoms with Gasteiger partial charge in [0.05, 0.1) is 6.61 Å². The van der Waals surface area contributed by atoms with E-state index in [1.807, 2.05) is 0 Å². The molecule has 0 aliphatic carbocycles. The molecule has 0 radical (unpaired) electrons. The van der Waals surface area contributed by atoms with E-state index in [4.69, 9.17) is 16.2 Å². The second kappa shape index (κ2) is 13.8. The van der Waals surface area contributed by atoms with Crippen LogP contribution in [0.5, 0.6) is 0 Å². The highest BCUT2D eigenvalue weighted by atomic mass is 16.5. The number of unbranched alkanes of at least 4 members (excludes halogenated alkanes) is 7. The van der Waals surface area contributed by atoms with Crippen molar-refractivity contribution >= 4 is 5.97 Å². The Bertz CT molecular complexity index is 210. The Hall–Kier alpha value is -0.610. The number of carbonyl (C=O) groups is 1. The van der Waals surface area contributed by atoms with Crippen LogP contribution in [0.1, 0.15) is 71.1 Å². The summed E-state index contributed by atoms with van der Waals surface area (Å²) in [7, 11) is 0. The van der Waals surface area contributed by atoms with Gasteiger partial charge in [-0.2, -0.15) is 0 Å². The van der Waals surface area contributed by atoms with E-state index in [1.54, 1.807) is 0 Å². The monoisotopic (exact) mass is 272 g/mol. The molecule has 114 valence electrons. The molecule has 0 aliphatic heterocycles. The molecule has 4 N–H and O–H groups in total. The predicted octanol–water partition coefficient (Wildman–Crippen LogP) is 2.74. The first kappa shape index (κ1) is 18.4.